The molecule has 0 N–H and O–H groups in total. The molecule has 152 valence electrons. The van der Waals surface area contributed by atoms with Gasteiger partial charge in [0.15, 0.2) is 6.61 Å². The molecule has 1 saturated carbocycles. The van der Waals surface area contributed by atoms with Gasteiger partial charge in [-0.1, -0.05) is 31.4 Å². The molecule has 4 rings (SSSR count). The number of piperidine rings is 1. The fourth-order valence-corrected chi connectivity index (χ4v) is 5.85. The van der Waals surface area contributed by atoms with Crippen molar-refractivity contribution < 1.29 is 18.7 Å². The number of hydrogen-bond donors (Lipinski definition) is 0. The molecule has 0 aromatic heterocycles. The minimum absolute atomic E-state index is 0.0288. The first-order valence-corrected chi connectivity index (χ1v) is 10.4. The van der Waals surface area contributed by atoms with Gasteiger partial charge < -0.3 is 14.5 Å². The Morgan fingerprint density at radius 1 is 1.29 bits per heavy atom. The molecule has 1 aliphatic carbocycles. The highest BCUT2D eigenvalue weighted by Crippen LogP contribution is 2.53. The Hall–Kier alpha value is -1.82. The molecule has 1 aromatic rings. The van der Waals surface area contributed by atoms with Crippen molar-refractivity contribution in [3.8, 4) is 5.75 Å². The fourth-order valence-electron chi connectivity index (χ4n) is 5.68. The standard InChI is InChI=1S/C21H26ClFN2O3/c1-13(26)24-11-14-10-21(2)18(24)5-3-4-6-19(21)25(14)20(27)12-28-15-7-8-17(23)16(22)9-15/h7-9,14,18-19H,3-6,10-12H2,1-2H3/t14-,18+,19-,21+/m0/s1. The molecule has 0 spiro atoms. The maximum atomic E-state index is 13.3. The van der Waals surface area contributed by atoms with Gasteiger partial charge in [0.1, 0.15) is 11.6 Å². The number of ether oxygens (including phenoxy) is 1. The highest BCUT2D eigenvalue weighted by atomic mass is 35.5. The summed E-state index contributed by atoms with van der Waals surface area (Å²) in [4.78, 5) is 29.4. The topological polar surface area (TPSA) is 49.9 Å². The van der Waals surface area contributed by atoms with Gasteiger partial charge in [-0.15, -0.1) is 0 Å². The van der Waals surface area contributed by atoms with Gasteiger partial charge in [0.05, 0.1) is 11.1 Å². The van der Waals surface area contributed by atoms with E-state index < -0.39 is 5.82 Å². The van der Waals surface area contributed by atoms with Gasteiger partial charge in [-0.3, -0.25) is 9.59 Å². The van der Waals surface area contributed by atoms with E-state index in [-0.39, 0.29) is 47.0 Å². The highest BCUT2D eigenvalue weighted by molar-refractivity contribution is 6.30. The SMILES string of the molecule is CC(=O)N1C[C@@H]2C[C@@]3(C)[C@H](CCCC[C@@H]13)N2C(=O)COc1ccc(F)c(Cl)c1. The van der Waals surface area contributed by atoms with Crippen LogP contribution in [0.25, 0.3) is 0 Å². The second kappa shape index (κ2) is 7.21. The predicted octanol–water partition coefficient (Wildman–Crippen LogP) is 3.64. The molecule has 2 amide bonds. The third kappa shape index (κ3) is 3.15. The quantitative estimate of drug-likeness (QED) is 0.767. The molecule has 3 aliphatic rings. The summed E-state index contributed by atoms with van der Waals surface area (Å²) in [6, 6.07) is 4.43. The minimum Gasteiger partial charge on any atom is -0.484 e. The molecule has 2 bridgehead atoms. The molecule has 28 heavy (non-hydrogen) atoms. The molecule has 1 aromatic carbocycles. The van der Waals surface area contributed by atoms with Crippen molar-refractivity contribution in [2.75, 3.05) is 13.2 Å². The number of fused-ring (bicyclic) bond motifs is 1. The first-order valence-electron chi connectivity index (χ1n) is 9.97. The van der Waals surface area contributed by atoms with E-state index in [1.807, 2.05) is 9.80 Å². The summed E-state index contributed by atoms with van der Waals surface area (Å²) in [7, 11) is 0. The summed E-state index contributed by atoms with van der Waals surface area (Å²) in [6.07, 6.45) is 5.04. The average Bonchev–Trinajstić information content (AvgIpc) is 2.76. The average molecular weight is 409 g/mol. The zero-order valence-corrected chi connectivity index (χ0v) is 17.0. The van der Waals surface area contributed by atoms with Gasteiger partial charge in [-0.2, -0.15) is 0 Å². The molecular weight excluding hydrogens is 383 g/mol. The number of hydrogen-bond acceptors (Lipinski definition) is 3. The van der Waals surface area contributed by atoms with E-state index in [4.69, 9.17) is 16.3 Å². The molecule has 2 heterocycles. The van der Waals surface area contributed by atoms with E-state index in [2.05, 4.69) is 6.92 Å². The number of carbonyl (C=O) groups excluding carboxylic acids is 2. The molecule has 4 atom stereocenters. The van der Waals surface area contributed by atoms with E-state index in [9.17, 15) is 14.0 Å². The third-order valence-electron chi connectivity index (χ3n) is 6.86. The summed E-state index contributed by atoms with van der Waals surface area (Å²) >= 11 is 5.79. The molecule has 2 saturated heterocycles. The second-order valence-corrected chi connectivity index (χ2v) is 8.92. The lowest BCUT2D eigenvalue weighted by Crippen LogP contribution is -2.55. The number of benzene rings is 1. The van der Waals surface area contributed by atoms with Gasteiger partial charge in [-0.25, -0.2) is 4.39 Å². The number of halogens is 2. The van der Waals surface area contributed by atoms with Crippen molar-refractivity contribution in [3.05, 3.63) is 29.0 Å². The van der Waals surface area contributed by atoms with E-state index in [0.29, 0.717) is 12.3 Å². The molecule has 0 radical (unpaired) electrons. The van der Waals surface area contributed by atoms with Gasteiger partial charge in [0.25, 0.3) is 5.91 Å². The van der Waals surface area contributed by atoms with E-state index in [0.717, 1.165) is 32.1 Å². The van der Waals surface area contributed by atoms with Gasteiger partial charge >= 0.3 is 0 Å². The van der Waals surface area contributed by atoms with Crippen molar-refractivity contribution in [3.63, 3.8) is 0 Å². The van der Waals surface area contributed by atoms with Crippen molar-refractivity contribution >= 4 is 23.4 Å². The van der Waals surface area contributed by atoms with Crippen LogP contribution in [0, 0.1) is 11.2 Å². The van der Waals surface area contributed by atoms with Crippen LogP contribution in [0.4, 0.5) is 4.39 Å². The number of likely N-dealkylation sites (tertiary alicyclic amines) is 2. The maximum Gasteiger partial charge on any atom is 0.261 e. The Bertz CT molecular complexity index is 804. The fraction of sp³-hybridized carbons (Fsp3) is 0.619. The highest BCUT2D eigenvalue weighted by Gasteiger charge is 2.60. The lowest BCUT2D eigenvalue weighted by atomic mass is 9.71. The Kier molecular flexibility index (Phi) is 5.02. The van der Waals surface area contributed by atoms with Crippen LogP contribution >= 0.6 is 11.6 Å². The minimum atomic E-state index is -0.518. The molecule has 2 aliphatic heterocycles. The Morgan fingerprint density at radius 2 is 2.00 bits per heavy atom. The van der Waals surface area contributed by atoms with Crippen LogP contribution < -0.4 is 4.74 Å². The molecule has 0 unspecified atom stereocenters. The molecular formula is C21H26ClFN2O3. The lowest BCUT2D eigenvalue weighted by molar-refractivity contribution is -0.139. The van der Waals surface area contributed by atoms with E-state index in [1.54, 1.807) is 6.92 Å². The largest absolute Gasteiger partial charge is 0.484 e. The van der Waals surface area contributed by atoms with Crippen LogP contribution in [0.2, 0.25) is 5.02 Å². The van der Waals surface area contributed by atoms with Crippen LogP contribution in [0.1, 0.15) is 46.0 Å². The second-order valence-electron chi connectivity index (χ2n) is 8.52. The van der Waals surface area contributed by atoms with Crippen LogP contribution in [-0.4, -0.2) is 52.9 Å². The van der Waals surface area contributed by atoms with Crippen LogP contribution in [-0.2, 0) is 9.59 Å². The van der Waals surface area contributed by atoms with Gasteiger partial charge in [-0.05, 0) is 31.4 Å². The zero-order chi connectivity index (χ0) is 20.1. The van der Waals surface area contributed by atoms with E-state index >= 15 is 0 Å². The first-order chi connectivity index (χ1) is 13.3. The van der Waals surface area contributed by atoms with Gasteiger partial charge in [0, 0.05) is 37.0 Å². The third-order valence-corrected chi connectivity index (χ3v) is 7.15. The van der Waals surface area contributed by atoms with Gasteiger partial charge in [0.2, 0.25) is 5.91 Å². The van der Waals surface area contributed by atoms with Crippen molar-refractivity contribution in [1.82, 2.24) is 9.80 Å². The Balaban J connectivity index is 1.54. The summed E-state index contributed by atoms with van der Waals surface area (Å²) < 4.78 is 18.9. The predicted molar refractivity (Wildman–Crippen MR) is 104 cm³/mol. The molecule has 5 nitrogen and oxygen atoms in total. The lowest BCUT2D eigenvalue weighted by Gasteiger charge is -2.46. The van der Waals surface area contributed by atoms with Crippen molar-refractivity contribution in [1.29, 1.82) is 0 Å². The van der Waals surface area contributed by atoms with Crippen LogP contribution in [0.5, 0.6) is 5.75 Å². The number of amides is 2. The van der Waals surface area contributed by atoms with Crippen molar-refractivity contribution in [2.24, 2.45) is 5.41 Å². The van der Waals surface area contributed by atoms with Crippen LogP contribution in [0.15, 0.2) is 18.2 Å². The zero-order valence-electron chi connectivity index (χ0n) is 16.3. The number of carbonyl (C=O) groups is 2. The summed E-state index contributed by atoms with van der Waals surface area (Å²) in [5.41, 5.74) is -0.0695. The van der Waals surface area contributed by atoms with Crippen molar-refractivity contribution in [2.45, 2.75) is 64.1 Å². The van der Waals surface area contributed by atoms with Crippen LogP contribution in [0.3, 0.4) is 0 Å². The molecule has 7 heteroatoms. The Morgan fingerprint density at radius 3 is 2.68 bits per heavy atom. The number of nitrogens with zero attached hydrogens (tertiary/aromatic N) is 2. The first kappa shape index (κ1) is 19.5. The summed E-state index contributed by atoms with van der Waals surface area (Å²) in [5, 5.41) is -0.0294. The molecule has 3 fully saturated rings. The normalized spacial score (nSPS) is 31.5. The summed E-state index contributed by atoms with van der Waals surface area (Å²) in [5.74, 6) is -0.133. The summed E-state index contributed by atoms with van der Waals surface area (Å²) in [6.45, 7) is 4.35. The monoisotopic (exact) mass is 408 g/mol. The number of rotatable bonds is 3. The maximum absolute atomic E-state index is 13.3. The Labute approximate surface area is 169 Å². The smallest absolute Gasteiger partial charge is 0.261 e. The van der Waals surface area contributed by atoms with E-state index in [1.165, 1.54) is 18.2 Å².